The Morgan fingerprint density at radius 1 is 1.56 bits per heavy atom. The molecule has 1 aromatic rings. The molecule has 0 unspecified atom stereocenters. The molecule has 2 rings (SSSR count). The Balaban J connectivity index is 1.99. The molecule has 0 amide bonds. The molecule has 0 nitrogen and oxygen atoms in total. The van der Waals surface area contributed by atoms with Crippen LogP contribution in [0.15, 0.2) is 16.8 Å². The molecule has 0 atom stereocenters. The summed E-state index contributed by atoms with van der Waals surface area (Å²) < 4.78 is 0. The van der Waals surface area contributed by atoms with E-state index in [9.17, 15) is 0 Å². The Hall–Kier alpha value is -0.300. The number of hydrogen-bond donors (Lipinski definition) is 0. The minimum atomic E-state index is 1.04. The Bertz CT molecular complexity index is 172. The second-order valence-electron chi connectivity index (χ2n) is 2.78. The lowest BCUT2D eigenvalue weighted by atomic mass is 10.2. The van der Waals surface area contributed by atoms with E-state index in [4.69, 9.17) is 0 Å². The van der Waals surface area contributed by atoms with Crippen molar-refractivity contribution in [3.8, 4) is 0 Å². The second-order valence-corrected chi connectivity index (χ2v) is 3.56. The van der Waals surface area contributed by atoms with Gasteiger partial charge in [0.2, 0.25) is 0 Å². The Kier molecular flexibility index (Phi) is 1.31. The first-order chi connectivity index (χ1) is 4.45. The van der Waals surface area contributed by atoms with Gasteiger partial charge in [-0.15, -0.1) is 0 Å². The van der Waals surface area contributed by atoms with Gasteiger partial charge in [-0.25, -0.2) is 0 Å². The topological polar surface area (TPSA) is 0 Å². The molecule has 1 aliphatic carbocycles. The van der Waals surface area contributed by atoms with Crippen LogP contribution in [0.3, 0.4) is 0 Å². The van der Waals surface area contributed by atoms with Crippen LogP contribution >= 0.6 is 11.3 Å². The molecular formula is C8H10S. The van der Waals surface area contributed by atoms with Crippen LogP contribution in [-0.4, -0.2) is 0 Å². The molecule has 1 aromatic heterocycles. The fourth-order valence-corrected chi connectivity index (χ4v) is 1.75. The molecule has 0 saturated heterocycles. The first-order valence-corrected chi connectivity index (χ1v) is 4.40. The van der Waals surface area contributed by atoms with Crippen molar-refractivity contribution in [1.82, 2.24) is 0 Å². The van der Waals surface area contributed by atoms with Gasteiger partial charge in [-0.2, -0.15) is 11.3 Å². The third-order valence-corrected chi connectivity index (χ3v) is 2.53. The van der Waals surface area contributed by atoms with Crippen LogP contribution < -0.4 is 0 Å². The molecule has 0 radical (unpaired) electrons. The zero-order valence-corrected chi connectivity index (χ0v) is 6.16. The van der Waals surface area contributed by atoms with Gasteiger partial charge in [0.15, 0.2) is 0 Å². The lowest BCUT2D eigenvalue weighted by Gasteiger charge is -1.88. The van der Waals surface area contributed by atoms with Crippen molar-refractivity contribution in [3.05, 3.63) is 22.4 Å². The van der Waals surface area contributed by atoms with Crippen LogP contribution in [-0.2, 0) is 6.42 Å². The van der Waals surface area contributed by atoms with Crippen LogP contribution in [0.2, 0.25) is 0 Å². The molecule has 0 N–H and O–H groups in total. The molecule has 0 spiro atoms. The Morgan fingerprint density at radius 3 is 3.00 bits per heavy atom. The first-order valence-electron chi connectivity index (χ1n) is 3.46. The van der Waals surface area contributed by atoms with E-state index in [1.165, 1.54) is 19.3 Å². The van der Waals surface area contributed by atoms with E-state index in [0.717, 1.165) is 5.92 Å². The zero-order valence-electron chi connectivity index (χ0n) is 5.34. The van der Waals surface area contributed by atoms with E-state index < -0.39 is 0 Å². The smallest absolute Gasteiger partial charge is 0.00612 e. The van der Waals surface area contributed by atoms with E-state index in [-0.39, 0.29) is 0 Å². The first kappa shape index (κ1) is 5.48. The molecule has 1 saturated carbocycles. The van der Waals surface area contributed by atoms with Gasteiger partial charge in [-0.3, -0.25) is 0 Å². The number of hydrogen-bond acceptors (Lipinski definition) is 1. The van der Waals surface area contributed by atoms with Crippen molar-refractivity contribution in [2.75, 3.05) is 0 Å². The van der Waals surface area contributed by atoms with Crippen molar-refractivity contribution in [1.29, 1.82) is 0 Å². The highest BCUT2D eigenvalue weighted by molar-refractivity contribution is 7.07. The Morgan fingerprint density at radius 2 is 2.44 bits per heavy atom. The number of thiophene rings is 1. The van der Waals surface area contributed by atoms with Gasteiger partial charge >= 0.3 is 0 Å². The van der Waals surface area contributed by atoms with Crippen molar-refractivity contribution in [2.45, 2.75) is 19.3 Å². The lowest BCUT2D eigenvalue weighted by molar-refractivity contribution is 0.836. The van der Waals surface area contributed by atoms with Gasteiger partial charge < -0.3 is 0 Å². The average molecular weight is 138 g/mol. The summed E-state index contributed by atoms with van der Waals surface area (Å²) in [6.45, 7) is 0. The molecule has 1 heterocycles. The summed E-state index contributed by atoms with van der Waals surface area (Å²) in [5, 5.41) is 4.43. The van der Waals surface area contributed by atoms with Crippen LogP contribution in [0.25, 0.3) is 0 Å². The third-order valence-electron chi connectivity index (χ3n) is 1.80. The standard InChI is InChI=1S/C8H10S/c1-2-7(1)5-8-3-4-9-6-8/h3-4,6-7H,1-2,5H2. The average Bonchev–Trinajstić information content (AvgIpc) is 2.46. The van der Waals surface area contributed by atoms with Crippen molar-refractivity contribution in [3.63, 3.8) is 0 Å². The van der Waals surface area contributed by atoms with Crippen LogP contribution in [0.4, 0.5) is 0 Å². The van der Waals surface area contributed by atoms with Crippen molar-refractivity contribution < 1.29 is 0 Å². The van der Waals surface area contributed by atoms with Crippen LogP contribution in [0, 0.1) is 5.92 Å². The summed E-state index contributed by atoms with van der Waals surface area (Å²) >= 11 is 1.81. The largest absolute Gasteiger partial charge is 0.152 e. The monoisotopic (exact) mass is 138 g/mol. The molecular weight excluding hydrogens is 128 g/mol. The fraction of sp³-hybridized carbons (Fsp3) is 0.500. The molecule has 1 aliphatic rings. The van der Waals surface area contributed by atoms with Gasteiger partial charge in [0.05, 0.1) is 0 Å². The molecule has 0 aliphatic heterocycles. The van der Waals surface area contributed by atoms with Crippen LogP contribution in [0.1, 0.15) is 18.4 Å². The van der Waals surface area contributed by atoms with Crippen molar-refractivity contribution in [2.24, 2.45) is 5.92 Å². The van der Waals surface area contributed by atoms with Gasteiger partial charge in [-0.1, -0.05) is 0 Å². The lowest BCUT2D eigenvalue weighted by Crippen LogP contribution is -1.80. The molecule has 1 heteroatoms. The molecule has 0 bridgehead atoms. The van der Waals surface area contributed by atoms with E-state index >= 15 is 0 Å². The predicted molar refractivity (Wildman–Crippen MR) is 40.7 cm³/mol. The van der Waals surface area contributed by atoms with E-state index in [1.54, 1.807) is 5.56 Å². The maximum absolute atomic E-state index is 2.26. The number of rotatable bonds is 2. The highest BCUT2D eigenvalue weighted by Crippen LogP contribution is 2.32. The third kappa shape index (κ3) is 1.33. The second kappa shape index (κ2) is 2.14. The van der Waals surface area contributed by atoms with Gasteiger partial charge in [-0.05, 0) is 47.6 Å². The van der Waals surface area contributed by atoms with Gasteiger partial charge in [0.25, 0.3) is 0 Å². The van der Waals surface area contributed by atoms with E-state index in [1.807, 2.05) is 11.3 Å². The summed E-state index contributed by atoms with van der Waals surface area (Å²) in [5.74, 6) is 1.04. The minimum Gasteiger partial charge on any atom is -0.152 e. The highest BCUT2D eigenvalue weighted by Gasteiger charge is 2.21. The van der Waals surface area contributed by atoms with Crippen LogP contribution in [0.5, 0.6) is 0 Å². The molecule has 0 aromatic carbocycles. The zero-order chi connectivity index (χ0) is 6.10. The summed E-state index contributed by atoms with van der Waals surface area (Å²) in [4.78, 5) is 0. The normalized spacial score (nSPS) is 18.2. The fourth-order valence-electron chi connectivity index (χ4n) is 1.06. The van der Waals surface area contributed by atoms with E-state index in [0.29, 0.717) is 0 Å². The van der Waals surface area contributed by atoms with Gasteiger partial charge in [0.1, 0.15) is 0 Å². The molecule has 48 valence electrons. The van der Waals surface area contributed by atoms with Crippen molar-refractivity contribution >= 4 is 11.3 Å². The summed E-state index contributed by atoms with van der Waals surface area (Å²) in [5.41, 5.74) is 1.54. The maximum Gasteiger partial charge on any atom is -0.00612 e. The quantitative estimate of drug-likeness (QED) is 0.589. The summed E-state index contributed by atoms with van der Waals surface area (Å²) in [6.07, 6.45) is 4.27. The predicted octanol–water partition coefficient (Wildman–Crippen LogP) is 2.70. The molecule has 9 heavy (non-hydrogen) atoms. The maximum atomic E-state index is 2.26. The summed E-state index contributed by atoms with van der Waals surface area (Å²) in [6, 6.07) is 2.24. The van der Waals surface area contributed by atoms with Gasteiger partial charge in [0, 0.05) is 0 Å². The molecule has 1 fully saturated rings. The Labute approximate surface area is 59.5 Å². The highest BCUT2D eigenvalue weighted by atomic mass is 32.1. The van der Waals surface area contributed by atoms with E-state index in [2.05, 4.69) is 16.8 Å². The minimum absolute atomic E-state index is 1.04. The SMILES string of the molecule is c1cc(CC2CC2)cs1. The summed E-state index contributed by atoms with van der Waals surface area (Å²) in [7, 11) is 0.